The number of carbonyl (C=O) groups is 1. The third kappa shape index (κ3) is 5.88. The molecule has 0 saturated carbocycles. The highest BCUT2D eigenvalue weighted by molar-refractivity contribution is 14.1. The quantitative estimate of drug-likeness (QED) is 0.245. The molecule has 7 heteroatoms. The smallest absolute Gasteiger partial charge is 0.175 e. The summed E-state index contributed by atoms with van der Waals surface area (Å²) in [5, 5.41) is 8.28. The summed E-state index contributed by atoms with van der Waals surface area (Å²) in [6, 6.07) is 7.64. The van der Waals surface area contributed by atoms with Crippen molar-refractivity contribution in [3.05, 3.63) is 33.4 Å². The number of benzene rings is 1. The van der Waals surface area contributed by atoms with Crippen LogP contribution in [-0.4, -0.2) is 27.5 Å². The Morgan fingerprint density at radius 2 is 1.86 bits per heavy atom. The second-order valence-corrected chi connectivity index (χ2v) is 9.04. The summed E-state index contributed by atoms with van der Waals surface area (Å²) in [4.78, 5) is 12.1. The molecule has 0 saturated heterocycles. The first kappa shape index (κ1) is 17.2. The molecule has 0 spiro atoms. The zero-order chi connectivity index (χ0) is 15.1. The summed E-state index contributed by atoms with van der Waals surface area (Å²) in [5.41, 5.74) is 0.755. The van der Waals surface area contributed by atoms with Gasteiger partial charge in [-0.25, -0.2) is 0 Å². The van der Waals surface area contributed by atoms with E-state index in [2.05, 4.69) is 39.7 Å². The first-order chi connectivity index (χ1) is 10.2. The van der Waals surface area contributed by atoms with Crippen LogP contribution < -0.4 is 0 Å². The van der Waals surface area contributed by atoms with E-state index in [1.165, 1.54) is 24.6 Å². The molecule has 112 valence electrons. The van der Waals surface area contributed by atoms with E-state index in [-0.39, 0.29) is 5.78 Å². The minimum atomic E-state index is 0.131. The van der Waals surface area contributed by atoms with Crippen LogP contribution in [0.2, 0.25) is 0 Å². The van der Waals surface area contributed by atoms with Crippen LogP contribution in [0.4, 0.5) is 0 Å². The maximum absolute atomic E-state index is 12.1. The number of hydrogen-bond acceptors (Lipinski definition) is 6. The Balaban J connectivity index is 1.82. The Morgan fingerprint density at radius 3 is 2.52 bits per heavy atom. The highest BCUT2D eigenvalue weighted by atomic mass is 127. The van der Waals surface area contributed by atoms with Crippen LogP contribution in [0.25, 0.3) is 0 Å². The second-order valence-electron chi connectivity index (χ2n) is 4.25. The Morgan fingerprint density at radius 1 is 1.19 bits per heavy atom. The maximum Gasteiger partial charge on any atom is 0.175 e. The van der Waals surface area contributed by atoms with Gasteiger partial charge >= 0.3 is 0 Å². The van der Waals surface area contributed by atoms with E-state index in [9.17, 15) is 4.79 Å². The number of nitrogens with zero attached hydrogens (tertiary/aromatic N) is 2. The lowest BCUT2D eigenvalue weighted by Crippen LogP contribution is -2.01. The van der Waals surface area contributed by atoms with Gasteiger partial charge in [0, 0.05) is 14.9 Å². The predicted molar refractivity (Wildman–Crippen MR) is 99.8 cm³/mol. The van der Waals surface area contributed by atoms with Gasteiger partial charge in [-0.05, 0) is 41.1 Å². The summed E-state index contributed by atoms with van der Waals surface area (Å²) in [6.45, 7) is 2.18. The minimum absolute atomic E-state index is 0.131. The molecule has 1 aromatic carbocycles. The fourth-order valence-electron chi connectivity index (χ4n) is 1.46. The van der Waals surface area contributed by atoms with Crippen molar-refractivity contribution in [2.24, 2.45) is 0 Å². The number of hydrogen-bond donors (Lipinski definition) is 0. The van der Waals surface area contributed by atoms with Gasteiger partial charge in [0.25, 0.3) is 0 Å². The van der Waals surface area contributed by atoms with Crippen molar-refractivity contribution >= 4 is 63.2 Å². The maximum atomic E-state index is 12.1. The molecule has 1 heterocycles. The van der Waals surface area contributed by atoms with E-state index < -0.39 is 0 Å². The molecule has 0 unspecified atom stereocenters. The SMILES string of the molecule is CCCCSc1nnc(SCC(=O)c2ccc(I)cc2)s1. The molecule has 2 rings (SSSR count). The number of unbranched alkanes of at least 4 members (excludes halogenated alkanes) is 1. The third-order valence-electron chi connectivity index (χ3n) is 2.60. The highest BCUT2D eigenvalue weighted by Crippen LogP contribution is 2.29. The number of carbonyl (C=O) groups excluding carboxylic acids is 1. The van der Waals surface area contributed by atoms with Crippen LogP contribution in [-0.2, 0) is 0 Å². The van der Waals surface area contributed by atoms with E-state index in [4.69, 9.17) is 0 Å². The van der Waals surface area contributed by atoms with Crippen molar-refractivity contribution in [3.63, 3.8) is 0 Å². The van der Waals surface area contributed by atoms with Crippen LogP contribution in [0.3, 0.4) is 0 Å². The number of Topliss-reactive ketones (excluding diaryl/α,β-unsaturated/α-hetero) is 1. The summed E-state index contributed by atoms with van der Waals surface area (Å²) < 4.78 is 3.00. The number of halogens is 1. The number of aromatic nitrogens is 2. The van der Waals surface area contributed by atoms with E-state index in [0.29, 0.717) is 5.75 Å². The largest absolute Gasteiger partial charge is 0.293 e. The van der Waals surface area contributed by atoms with E-state index >= 15 is 0 Å². The van der Waals surface area contributed by atoms with Gasteiger partial charge in [0.1, 0.15) is 0 Å². The summed E-state index contributed by atoms with van der Waals surface area (Å²) in [7, 11) is 0. The summed E-state index contributed by atoms with van der Waals surface area (Å²) >= 11 is 7.02. The van der Waals surface area contributed by atoms with Crippen molar-refractivity contribution in [2.75, 3.05) is 11.5 Å². The third-order valence-corrected chi connectivity index (χ3v) is 6.60. The number of thioether (sulfide) groups is 2. The van der Waals surface area contributed by atoms with Gasteiger partial charge in [-0.2, -0.15) is 0 Å². The fourth-order valence-corrected chi connectivity index (χ4v) is 4.89. The Kier molecular flexibility index (Phi) is 7.48. The molecule has 3 nitrogen and oxygen atoms in total. The molecule has 0 radical (unpaired) electrons. The molecule has 0 fully saturated rings. The molecular weight excluding hydrogens is 435 g/mol. The Labute approximate surface area is 150 Å². The van der Waals surface area contributed by atoms with Gasteiger partial charge in [-0.1, -0.05) is 60.3 Å². The zero-order valence-corrected chi connectivity index (χ0v) is 16.2. The van der Waals surface area contributed by atoms with Crippen molar-refractivity contribution in [1.29, 1.82) is 0 Å². The second kappa shape index (κ2) is 9.12. The molecule has 0 aliphatic rings. The van der Waals surface area contributed by atoms with Gasteiger partial charge in [0.15, 0.2) is 14.5 Å². The summed E-state index contributed by atoms with van der Waals surface area (Å²) in [6.07, 6.45) is 2.38. The predicted octanol–water partition coefficient (Wildman–Crippen LogP) is 5.01. The Hall–Kier alpha value is -0.120. The first-order valence-corrected chi connectivity index (χ1v) is 10.4. The average Bonchev–Trinajstić information content (AvgIpc) is 2.94. The molecule has 2 aromatic rings. The van der Waals surface area contributed by atoms with E-state index in [1.807, 2.05) is 24.3 Å². The number of ketones is 1. The molecule has 0 N–H and O–H groups in total. The molecule has 0 aliphatic carbocycles. The van der Waals surface area contributed by atoms with E-state index in [1.54, 1.807) is 23.1 Å². The molecule has 0 atom stereocenters. The molecule has 0 amide bonds. The molecule has 21 heavy (non-hydrogen) atoms. The monoisotopic (exact) mass is 450 g/mol. The van der Waals surface area contributed by atoms with Gasteiger partial charge in [-0.15, -0.1) is 10.2 Å². The Bertz CT molecular complexity index is 586. The molecular formula is C14H15IN2OS3. The molecule has 1 aromatic heterocycles. The zero-order valence-electron chi connectivity index (χ0n) is 11.5. The van der Waals surface area contributed by atoms with Crippen molar-refractivity contribution in [2.45, 2.75) is 28.4 Å². The standard InChI is InChI=1S/C14H15IN2OS3/c1-2-3-8-19-13-16-17-14(21-13)20-9-12(18)10-4-6-11(15)7-5-10/h4-7H,2-3,8-9H2,1H3. The van der Waals surface area contributed by atoms with Gasteiger partial charge in [-0.3, -0.25) is 4.79 Å². The lowest BCUT2D eigenvalue weighted by atomic mass is 10.2. The molecule has 0 bridgehead atoms. The van der Waals surface area contributed by atoms with Gasteiger partial charge in [0.05, 0.1) is 5.75 Å². The highest BCUT2D eigenvalue weighted by Gasteiger charge is 2.10. The first-order valence-electron chi connectivity index (χ1n) is 6.57. The van der Waals surface area contributed by atoms with Crippen molar-refractivity contribution in [3.8, 4) is 0 Å². The van der Waals surface area contributed by atoms with Crippen LogP contribution >= 0.6 is 57.5 Å². The van der Waals surface area contributed by atoms with Gasteiger partial charge < -0.3 is 0 Å². The van der Waals surface area contributed by atoms with Crippen LogP contribution in [0.5, 0.6) is 0 Å². The fraction of sp³-hybridized carbons (Fsp3) is 0.357. The van der Waals surface area contributed by atoms with E-state index in [0.717, 1.165) is 23.6 Å². The number of rotatable bonds is 8. The topological polar surface area (TPSA) is 42.9 Å². The average molecular weight is 450 g/mol. The van der Waals surface area contributed by atoms with Gasteiger partial charge in [0.2, 0.25) is 0 Å². The van der Waals surface area contributed by atoms with Crippen LogP contribution in [0.1, 0.15) is 30.1 Å². The van der Waals surface area contributed by atoms with Crippen molar-refractivity contribution in [1.82, 2.24) is 10.2 Å². The van der Waals surface area contributed by atoms with Crippen LogP contribution in [0.15, 0.2) is 32.9 Å². The van der Waals surface area contributed by atoms with Crippen LogP contribution in [0, 0.1) is 3.57 Å². The molecule has 0 aliphatic heterocycles. The lowest BCUT2D eigenvalue weighted by Gasteiger charge is -1.99. The normalized spacial score (nSPS) is 10.8. The van der Waals surface area contributed by atoms with Crippen molar-refractivity contribution < 1.29 is 4.79 Å². The summed E-state index contributed by atoms with van der Waals surface area (Å²) in [5.74, 6) is 1.62. The minimum Gasteiger partial charge on any atom is -0.293 e. The lowest BCUT2D eigenvalue weighted by molar-refractivity contribution is 0.102.